The molecule has 1 amide bonds. The first-order chi connectivity index (χ1) is 15.7. The molecule has 0 spiro atoms. The predicted molar refractivity (Wildman–Crippen MR) is 131 cm³/mol. The van der Waals surface area contributed by atoms with Gasteiger partial charge < -0.3 is 26.3 Å². The summed E-state index contributed by atoms with van der Waals surface area (Å²) in [6.45, 7) is 2.05. The summed E-state index contributed by atoms with van der Waals surface area (Å²) in [5.74, 6) is -0.258. The van der Waals surface area contributed by atoms with Crippen LogP contribution in [-0.2, 0) is 11.2 Å². The minimum Gasteiger partial charge on any atom is -0.382 e. The number of aromatic amines is 1. The minimum absolute atomic E-state index is 0.0107. The van der Waals surface area contributed by atoms with Gasteiger partial charge in [0.15, 0.2) is 22.5 Å². The van der Waals surface area contributed by atoms with Crippen molar-refractivity contribution in [1.29, 1.82) is 0 Å². The van der Waals surface area contributed by atoms with Crippen LogP contribution < -0.4 is 16.8 Å². The molecule has 0 radical (unpaired) electrons. The fourth-order valence-electron chi connectivity index (χ4n) is 3.72. The second kappa shape index (κ2) is 10.6. The number of likely N-dealkylation sites (N-methyl/N-ethyl adjacent to an activating group) is 1. The number of fused-ring (bicyclic) bond motifs is 1. The van der Waals surface area contributed by atoms with Gasteiger partial charge in [-0.3, -0.25) is 9.59 Å². The minimum atomic E-state index is -0.440. The molecule has 0 saturated carbocycles. The van der Waals surface area contributed by atoms with Gasteiger partial charge in [0, 0.05) is 29.9 Å². The van der Waals surface area contributed by atoms with Gasteiger partial charge in [-0.15, -0.1) is 0 Å². The Hall–Kier alpha value is -3.17. The van der Waals surface area contributed by atoms with Gasteiger partial charge in [-0.1, -0.05) is 29.8 Å². The quantitative estimate of drug-likeness (QED) is 0.250. The highest BCUT2D eigenvalue weighted by atomic mass is 35.5. The number of ketones is 1. The van der Waals surface area contributed by atoms with Crippen LogP contribution in [0.5, 0.6) is 0 Å². The molecule has 9 nitrogen and oxygen atoms in total. The molecule has 0 aliphatic rings. The summed E-state index contributed by atoms with van der Waals surface area (Å²) in [4.78, 5) is 35.7. The van der Waals surface area contributed by atoms with Crippen molar-refractivity contribution in [3.05, 3.63) is 46.9 Å². The van der Waals surface area contributed by atoms with E-state index in [2.05, 4.69) is 34.4 Å². The Morgan fingerprint density at radius 3 is 2.64 bits per heavy atom. The average Bonchev–Trinajstić information content (AvgIpc) is 3.16. The number of halogens is 1. The Bertz CT molecular complexity index is 1140. The number of nitrogen functional groups attached to an aromatic ring is 2. The summed E-state index contributed by atoms with van der Waals surface area (Å²) in [5.41, 5.74) is 13.3. The number of nitrogens with two attached hydrogens (primary N) is 2. The van der Waals surface area contributed by atoms with Crippen LogP contribution in [0, 0.1) is 0 Å². The van der Waals surface area contributed by atoms with Crippen LogP contribution in [-0.4, -0.2) is 64.9 Å². The maximum absolute atomic E-state index is 12.4. The number of benzene rings is 1. The first kappa shape index (κ1) is 24.5. The van der Waals surface area contributed by atoms with E-state index in [1.165, 1.54) is 0 Å². The lowest BCUT2D eigenvalue weighted by molar-refractivity contribution is -0.889. The molecule has 33 heavy (non-hydrogen) atoms. The molecule has 3 rings (SSSR count). The van der Waals surface area contributed by atoms with E-state index in [9.17, 15) is 9.59 Å². The maximum Gasteiger partial charge on any atom is 0.273 e. The fraction of sp³-hybridized carbons (Fsp3) is 0.391. The number of carbonyl (C=O) groups is 2. The average molecular weight is 473 g/mol. The van der Waals surface area contributed by atoms with E-state index in [-0.39, 0.29) is 28.3 Å². The Balaban J connectivity index is 1.37. The molecule has 0 atom stereocenters. The Kier molecular flexibility index (Phi) is 7.88. The zero-order valence-electron chi connectivity index (χ0n) is 19.0. The maximum atomic E-state index is 12.4. The largest absolute Gasteiger partial charge is 0.382 e. The second-order valence-corrected chi connectivity index (χ2v) is 9.16. The van der Waals surface area contributed by atoms with Gasteiger partial charge in [0.25, 0.3) is 5.91 Å². The molecule has 2 heterocycles. The summed E-state index contributed by atoms with van der Waals surface area (Å²) in [6.07, 6.45) is 4.70. The van der Waals surface area contributed by atoms with E-state index in [0.29, 0.717) is 30.4 Å². The Labute approximate surface area is 198 Å². The van der Waals surface area contributed by atoms with Crippen molar-refractivity contribution >= 4 is 45.8 Å². The molecule has 6 N–H and O–H groups in total. The van der Waals surface area contributed by atoms with Crippen LogP contribution in [0.15, 0.2) is 30.5 Å². The number of H-pyrrole nitrogens is 1. The SMILES string of the molecule is C[N+](C)(CCCCC(=O)Cc1c[nH]c2ccccc12)CCNC(=O)c1nc(Cl)c(N)nc1N. The lowest BCUT2D eigenvalue weighted by Gasteiger charge is -2.29. The van der Waals surface area contributed by atoms with Crippen molar-refractivity contribution < 1.29 is 14.1 Å². The summed E-state index contributed by atoms with van der Waals surface area (Å²) in [7, 11) is 4.18. The number of unbranched alkanes of at least 4 members (excludes halogenated alkanes) is 1. The van der Waals surface area contributed by atoms with E-state index in [4.69, 9.17) is 23.1 Å². The molecular formula is C23H31ClN7O2+. The molecule has 0 saturated heterocycles. The first-order valence-corrected chi connectivity index (χ1v) is 11.3. The number of carbonyl (C=O) groups excluding carboxylic acids is 2. The number of quaternary nitrogens is 1. The van der Waals surface area contributed by atoms with Gasteiger partial charge in [0.2, 0.25) is 0 Å². The summed E-state index contributed by atoms with van der Waals surface area (Å²) in [5, 5.41) is 3.86. The van der Waals surface area contributed by atoms with Gasteiger partial charge in [-0.05, 0) is 24.5 Å². The van der Waals surface area contributed by atoms with Crippen molar-refractivity contribution in [2.45, 2.75) is 25.7 Å². The number of anilines is 2. The van der Waals surface area contributed by atoms with Gasteiger partial charge in [-0.2, -0.15) is 0 Å². The summed E-state index contributed by atoms with van der Waals surface area (Å²) in [6, 6.07) is 8.02. The van der Waals surface area contributed by atoms with Crippen LogP contribution >= 0.6 is 11.6 Å². The van der Waals surface area contributed by atoms with Crippen LogP contribution in [0.4, 0.5) is 11.6 Å². The smallest absolute Gasteiger partial charge is 0.273 e. The highest BCUT2D eigenvalue weighted by molar-refractivity contribution is 6.31. The summed E-state index contributed by atoms with van der Waals surface area (Å²) >= 11 is 5.83. The standard InChI is InChI=1S/C23H30ClN7O2/c1-31(2,12-10-27-23(33)19-21(25)30-22(26)20(24)29-19)11-6-5-7-16(32)13-15-14-28-18-9-4-3-8-17(15)18/h3-4,8-9,14,28H,5-7,10-13H2,1-2H3,(H4-,25,26,27,30,33)/p+1. The third-order valence-corrected chi connectivity index (χ3v) is 5.93. The van der Waals surface area contributed by atoms with E-state index in [0.717, 1.165) is 35.9 Å². The highest BCUT2D eigenvalue weighted by Gasteiger charge is 2.19. The topological polar surface area (TPSA) is 140 Å². The highest BCUT2D eigenvalue weighted by Crippen LogP contribution is 2.19. The third-order valence-electron chi connectivity index (χ3n) is 5.65. The molecule has 10 heteroatoms. The van der Waals surface area contributed by atoms with Crippen molar-refractivity contribution in [3.63, 3.8) is 0 Å². The molecular weight excluding hydrogens is 442 g/mol. The number of nitrogens with zero attached hydrogens (tertiary/aromatic N) is 3. The number of hydrogen-bond donors (Lipinski definition) is 4. The number of amides is 1. The number of aromatic nitrogens is 3. The molecule has 0 aliphatic carbocycles. The third kappa shape index (κ3) is 6.66. The van der Waals surface area contributed by atoms with E-state index >= 15 is 0 Å². The van der Waals surface area contributed by atoms with Crippen LogP contribution in [0.3, 0.4) is 0 Å². The van der Waals surface area contributed by atoms with Crippen molar-refractivity contribution in [2.24, 2.45) is 0 Å². The summed E-state index contributed by atoms with van der Waals surface area (Å²) < 4.78 is 0.709. The zero-order chi connectivity index (χ0) is 24.0. The van der Waals surface area contributed by atoms with Crippen LogP contribution in [0.1, 0.15) is 35.3 Å². The van der Waals surface area contributed by atoms with Gasteiger partial charge in [0.05, 0.1) is 33.7 Å². The van der Waals surface area contributed by atoms with Crippen LogP contribution in [0.2, 0.25) is 5.15 Å². The second-order valence-electron chi connectivity index (χ2n) is 8.80. The molecule has 0 fully saturated rings. The zero-order valence-corrected chi connectivity index (χ0v) is 19.8. The number of para-hydroxylation sites is 1. The van der Waals surface area contributed by atoms with Crippen LogP contribution in [0.25, 0.3) is 10.9 Å². The lowest BCUT2D eigenvalue weighted by atomic mass is 10.0. The molecule has 0 aliphatic heterocycles. The molecule has 1 aromatic carbocycles. The Morgan fingerprint density at radius 2 is 1.85 bits per heavy atom. The molecule has 176 valence electrons. The van der Waals surface area contributed by atoms with Gasteiger partial charge >= 0.3 is 0 Å². The van der Waals surface area contributed by atoms with Gasteiger partial charge in [0.1, 0.15) is 5.78 Å². The van der Waals surface area contributed by atoms with Crippen molar-refractivity contribution in [3.8, 4) is 0 Å². The Morgan fingerprint density at radius 1 is 1.09 bits per heavy atom. The molecule has 3 aromatic rings. The van der Waals surface area contributed by atoms with E-state index < -0.39 is 5.91 Å². The first-order valence-electron chi connectivity index (χ1n) is 10.9. The lowest BCUT2D eigenvalue weighted by Crippen LogP contribution is -2.46. The van der Waals surface area contributed by atoms with Gasteiger partial charge in [-0.25, -0.2) is 9.97 Å². The van der Waals surface area contributed by atoms with E-state index in [1.54, 1.807) is 0 Å². The van der Waals surface area contributed by atoms with Crippen molar-refractivity contribution in [2.75, 3.05) is 45.2 Å². The molecule has 2 aromatic heterocycles. The normalized spacial score (nSPS) is 11.6. The van der Waals surface area contributed by atoms with E-state index in [1.807, 2.05) is 30.5 Å². The van der Waals surface area contributed by atoms with Crippen molar-refractivity contribution in [1.82, 2.24) is 20.3 Å². The molecule has 0 bridgehead atoms. The number of Topliss-reactive ketones (excluding diaryl/α,β-unsaturated/α-hetero) is 1. The predicted octanol–water partition coefficient (Wildman–Crippen LogP) is 2.56. The number of hydrogen-bond acceptors (Lipinski definition) is 6. The monoisotopic (exact) mass is 472 g/mol. The number of nitrogens with one attached hydrogen (secondary N) is 2. The number of rotatable bonds is 11. The molecule has 0 unspecified atom stereocenters. The fourth-order valence-corrected chi connectivity index (χ4v) is 3.84.